The molecular weight excluding hydrogens is 610 g/mol. The lowest BCUT2D eigenvalue weighted by Gasteiger charge is -2.41. The number of likely N-dealkylation sites (N-methyl/N-ethyl adjacent to an activating group) is 1. The van der Waals surface area contributed by atoms with Gasteiger partial charge in [-0.2, -0.15) is 15.2 Å². The van der Waals surface area contributed by atoms with Crippen LogP contribution in [-0.4, -0.2) is 82.6 Å². The number of rotatable bonds is 7. The minimum atomic E-state index is -0.743. The summed E-state index contributed by atoms with van der Waals surface area (Å²) >= 11 is 7.72. The van der Waals surface area contributed by atoms with Gasteiger partial charge in [-0.25, -0.2) is 13.8 Å². The first kappa shape index (κ1) is 29.9. The molecule has 0 radical (unpaired) electrons. The molecule has 2 aromatic carbocycles. The van der Waals surface area contributed by atoms with Gasteiger partial charge in [-0.15, -0.1) is 0 Å². The molecule has 0 aliphatic carbocycles. The first-order chi connectivity index (χ1) is 21.2. The molecule has 2 aliphatic heterocycles. The molecular formula is C30H29ClF2N8O2S. The monoisotopic (exact) mass is 638 g/mol. The predicted octanol–water partition coefficient (Wildman–Crippen LogP) is 5.01. The normalized spacial score (nSPS) is 19.1. The van der Waals surface area contributed by atoms with Gasteiger partial charge in [0.05, 0.1) is 33.8 Å². The highest BCUT2D eigenvalue weighted by Crippen LogP contribution is 2.43. The van der Waals surface area contributed by atoms with Gasteiger partial charge in [0.25, 0.3) is 0 Å². The Morgan fingerprint density at radius 3 is 2.80 bits per heavy atom. The topological polar surface area (TPSA) is 124 Å². The second-order valence-corrected chi connectivity index (χ2v) is 12.3. The number of amides is 1. The minimum Gasteiger partial charge on any atom is -0.462 e. The van der Waals surface area contributed by atoms with Crippen molar-refractivity contribution in [3.05, 3.63) is 47.5 Å². The van der Waals surface area contributed by atoms with E-state index in [2.05, 4.69) is 27.5 Å². The Morgan fingerprint density at radius 1 is 1.25 bits per heavy atom. The number of anilines is 2. The third-order valence-electron chi connectivity index (χ3n) is 8.27. The number of carbonyl (C=O) groups excluding carboxylic acids is 1. The minimum absolute atomic E-state index is 0.00403. The molecule has 2 N–H and O–H groups in total. The Balaban J connectivity index is 1.49. The van der Waals surface area contributed by atoms with E-state index >= 15 is 4.39 Å². The van der Waals surface area contributed by atoms with Crippen LogP contribution in [0, 0.1) is 23.0 Å². The van der Waals surface area contributed by atoms with Gasteiger partial charge in [0.15, 0.2) is 10.9 Å². The Labute approximate surface area is 261 Å². The number of carbonyl (C=O) groups is 1. The van der Waals surface area contributed by atoms with E-state index in [-0.39, 0.29) is 67.9 Å². The van der Waals surface area contributed by atoms with Gasteiger partial charge < -0.3 is 25.2 Å². The van der Waals surface area contributed by atoms with E-state index in [1.807, 2.05) is 11.9 Å². The second kappa shape index (κ2) is 12.1. The van der Waals surface area contributed by atoms with Crippen LogP contribution in [0.3, 0.4) is 0 Å². The number of thiazole rings is 1. The number of hydrogen-bond donors (Lipinski definition) is 1. The standard InChI is InChI=1S/C30H29ClF2N8O2S/c1-3-22(42)41-12-11-40(14-16(41)8-9-34)28-19-13-20(31)23(18-6-7-21(32)27-26(18)36-29(35)44-27)24(33)25(19)37-30(38-28)43-15-17-5-4-10-39(17)2/h3,6-7,13,16-17H,1,4-5,8,10-12,14-15H2,2H3,(H2,35,36)/t16?,17-/m0/s1. The van der Waals surface area contributed by atoms with E-state index in [0.717, 1.165) is 30.7 Å². The Hall–Kier alpha value is -4.12. The molecule has 14 heteroatoms. The summed E-state index contributed by atoms with van der Waals surface area (Å²) < 4.78 is 37.5. The molecule has 4 aromatic rings. The first-order valence-corrected chi connectivity index (χ1v) is 15.3. The van der Waals surface area contributed by atoms with E-state index in [1.54, 1.807) is 11.0 Å². The molecule has 2 fully saturated rings. The number of likely N-dealkylation sites (tertiary alicyclic amines) is 1. The van der Waals surface area contributed by atoms with Crippen molar-refractivity contribution in [1.29, 1.82) is 5.26 Å². The number of fused-ring (bicyclic) bond motifs is 2. The molecule has 2 saturated heterocycles. The molecule has 1 unspecified atom stereocenters. The van der Waals surface area contributed by atoms with Gasteiger partial charge in [-0.3, -0.25) is 4.79 Å². The maximum atomic E-state index is 16.7. The molecule has 1 amide bonds. The maximum absolute atomic E-state index is 16.7. The van der Waals surface area contributed by atoms with Gasteiger partial charge in [-0.1, -0.05) is 29.5 Å². The van der Waals surface area contributed by atoms with Crippen LogP contribution in [0.4, 0.5) is 19.7 Å². The number of piperazine rings is 1. The highest BCUT2D eigenvalue weighted by Gasteiger charge is 2.32. The Kier molecular flexibility index (Phi) is 8.24. The molecule has 4 heterocycles. The SMILES string of the molecule is C=CC(=O)N1CCN(c2nc(OC[C@@H]3CCCN3C)nc3c(F)c(-c4ccc(F)c5sc(N)nc45)c(Cl)cc23)CC1CC#N. The predicted molar refractivity (Wildman–Crippen MR) is 167 cm³/mol. The number of nitrogens with two attached hydrogens (primary N) is 1. The molecule has 228 valence electrons. The second-order valence-electron chi connectivity index (χ2n) is 10.9. The van der Waals surface area contributed by atoms with Gasteiger partial charge >= 0.3 is 6.01 Å². The first-order valence-electron chi connectivity index (χ1n) is 14.1. The summed E-state index contributed by atoms with van der Waals surface area (Å²) in [5.41, 5.74) is 6.32. The van der Waals surface area contributed by atoms with Crippen LogP contribution in [0.1, 0.15) is 19.3 Å². The number of benzene rings is 2. The van der Waals surface area contributed by atoms with Crippen molar-refractivity contribution >= 4 is 60.9 Å². The highest BCUT2D eigenvalue weighted by atomic mass is 35.5. The summed E-state index contributed by atoms with van der Waals surface area (Å²) in [5, 5.41) is 10.0. The fourth-order valence-electron chi connectivity index (χ4n) is 6.00. The fourth-order valence-corrected chi connectivity index (χ4v) is 7.06. The molecule has 2 aromatic heterocycles. The van der Waals surface area contributed by atoms with Gasteiger partial charge in [0.2, 0.25) is 5.91 Å². The molecule has 10 nitrogen and oxygen atoms in total. The van der Waals surface area contributed by atoms with Crippen molar-refractivity contribution in [3.63, 3.8) is 0 Å². The fraction of sp³-hybridized carbons (Fsp3) is 0.367. The van der Waals surface area contributed by atoms with Gasteiger partial charge in [-0.05, 0) is 50.7 Å². The van der Waals surface area contributed by atoms with Gasteiger partial charge in [0.1, 0.15) is 23.8 Å². The molecule has 0 bridgehead atoms. The van der Waals surface area contributed by atoms with Crippen molar-refractivity contribution in [2.24, 2.45) is 0 Å². The summed E-state index contributed by atoms with van der Waals surface area (Å²) in [5.74, 6) is -1.16. The van der Waals surface area contributed by atoms with Crippen LogP contribution in [0.5, 0.6) is 6.01 Å². The van der Waals surface area contributed by atoms with E-state index in [0.29, 0.717) is 30.9 Å². The van der Waals surface area contributed by atoms with Crippen LogP contribution in [0.25, 0.3) is 32.2 Å². The third kappa shape index (κ3) is 5.38. The maximum Gasteiger partial charge on any atom is 0.319 e. The quantitative estimate of drug-likeness (QED) is 0.278. The highest BCUT2D eigenvalue weighted by molar-refractivity contribution is 7.22. The zero-order valence-electron chi connectivity index (χ0n) is 23.9. The number of nitrogen functional groups attached to an aromatic ring is 1. The van der Waals surface area contributed by atoms with Gasteiger partial charge in [0, 0.05) is 42.2 Å². The summed E-state index contributed by atoms with van der Waals surface area (Å²) in [6.45, 7) is 5.78. The molecule has 2 atom stereocenters. The average molecular weight is 639 g/mol. The smallest absolute Gasteiger partial charge is 0.319 e. The third-order valence-corrected chi connectivity index (χ3v) is 9.46. The summed E-state index contributed by atoms with van der Waals surface area (Å²) in [7, 11) is 2.02. The summed E-state index contributed by atoms with van der Waals surface area (Å²) in [4.78, 5) is 31.7. The van der Waals surface area contributed by atoms with Crippen LogP contribution in [0.2, 0.25) is 5.02 Å². The van der Waals surface area contributed by atoms with E-state index < -0.39 is 17.7 Å². The van der Waals surface area contributed by atoms with Crippen molar-refractivity contribution in [2.45, 2.75) is 31.3 Å². The number of aromatic nitrogens is 3. The number of hydrogen-bond acceptors (Lipinski definition) is 10. The van der Waals surface area contributed by atoms with Crippen molar-refractivity contribution < 1.29 is 18.3 Å². The molecule has 0 saturated carbocycles. The van der Waals surface area contributed by atoms with Crippen molar-refractivity contribution in [3.8, 4) is 23.2 Å². The molecule has 0 spiro atoms. The molecule has 2 aliphatic rings. The summed E-state index contributed by atoms with van der Waals surface area (Å²) in [6.07, 6.45) is 3.32. The van der Waals surface area contributed by atoms with Crippen LogP contribution in [0.15, 0.2) is 30.9 Å². The number of ether oxygens (including phenoxy) is 1. The van der Waals surface area contributed by atoms with Crippen LogP contribution >= 0.6 is 22.9 Å². The zero-order chi connectivity index (χ0) is 31.1. The number of halogens is 3. The van der Waals surface area contributed by atoms with E-state index in [9.17, 15) is 14.4 Å². The lowest BCUT2D eigenvalue weighted by Crippen LogP contribution is -2.55. The lowest BCUT2D eigenvalue weighted by atomic mass is 10.0. The van der Waals surface area contributed by atoms with Crippen molar-refractivity contribution in [2.75, 3.05) is 50.5 Å². The molecule has 44 heavy (non-hydrogen) atoms. The Morgan fingerprint density at radius 2 is 2.07 bits per heavy atom. The van der Waals surface area contributed by atoms with Crippen LogP contribution < -0.4 is 15.4 Å². The Bertz CT molecular complexity index is 1830. The summed E-state index contributed by atoms with van der Waals surface area (Å²) in [6, 6.07) is 6.09. The average Bonchev–Trinajstić information content (AvgIpc) is 3.62. The van der Waals surface area contributed by atoms with E-state index in [4.69, 9.17) is 27.1 Å². The lowest BCUT2D eigenvalue weighted by molar-refractivity contribution is -0.128. The van der Waals surface area contributed by atoms with Crippen LogP contribution in [-0.2, 0) is 4.79 Å². The zero-order valence-corrected chi connectivity index (χ0v) is 25.5. The number of nitrogens with zero attached hydrogens (tertiary/aromatic N) is 7. The van der Waals surface area contributed by atoms with Crippen molar-refractivity contribution in [1.82, 2.24) is 24.8 Å². The van der Waals surface area contributed by atoms with E-state index in [1.165, 1.54) is 18.2 Å². The largest absolute Gasteiger partial charge is 0.462 e. The molecule has 6 rings (SSSR count). The number of nitriles is 1.